The molecule has 1 heterocycles. The van der Waals surface area contributed by atoms with E-state index in [0.717, 1.165) is 16.0 Å². The molecule has 0 atom stereocenters. The van der Waals surface area contributed by atoms with Crippen LogP contribution in [0.3, 0.4) is 0 Å². The summed E-state index contributed by atoms with van der Waals surface area (Å²) in [5.74, 6) is -0.445. The third-order valence-electron chi connectivity index (χ3n) is 2.94. The van der Waals surface area contributed by atoms with Gasteiger partial charge in [0.1, 0.15) is 0 Å². The second kappa shape index (κ2) is 7.50. The summed E-state index contributed by atoms with van der Waals surface area (Å²) in [6, 6.07) is 6.50. The van der Waals surface area contributed by atoms with Crippen molar-refractivity contribution in [2.45, 2.75) is 13.8 Å². The normalized spacial score (nSPS) is 10.7. The van der Waals surface area contributed by atoms with E-state index in [1.54, 1.807) is 19.2 Å². The van der Waals surface area contributed by atoms with Gasteiger partial charge in [-0.2, -0.15) is 5.10 Å². The third-order valence-corrected chi connectivity index (χ3v) is 3.90. The number of nitro groups is 1. The van der Waals surface area contributed by atoms with Crippen molar-refractivity contribution in [3.63, 3.8) is 0 Å². The van der Waals surface area contributed by atoms with Gasteiger partial charge in [-0.15, -0.1) is 11.3 Å². The molecule has 2 aromatic rings. The van der Waals surface area contributed by atoms with Gasteiger partial charge in [-0.3, -0.25) is 14.9 Å². The molecule has 1 aromatic heterocycles. The Kier molecular flexibility index (Phi) is 5.42. The van der Waals surface area contributed by atoms with Gasteiger partial charge in [0, 0.05) is 10.9 Å². The molecule has 0 saturated heterocycles. The minimum atomic E-state index is -0.544. The Balaban J connectivity index is 1.91. The fraction of sp³-hybridized carbons (Fsp3) is 0.200. The molecule has 120 valence electrons. The number of ether oxygens (including phenoxy) is 1. The maximum Gasteiger partial charge on any atom is 0.311 e. The van der Waals surface area contributed by atoms with Gasteiger partial charge in [-0.1, -0.05) is 6.07 Å². The zero-order valence-corrected chi connectivity index (χ0v) is 13.4. The Hall–Kier alpha value is -2.74. The molecule has 0 unspecified atom stereocenters. The number of benzene rings is 1. The first-order chi connectivity index (χ1) is 11.0. The summed E-state index contributed by atoms with van der Waals surface area (Å²) in [5.41, 5.74) is 3.96. The summed E-state index contributed by atoms with van der Waals surface area (Å²) in [6.45, 7) is 3.33. The number of thiophene rings is 1. The van der Waals surface area contributed by atoms with Crippen LogP contribution in [0.5, 0.6) is 5.75 Å². The highest BCUT2D eigenvalue weighted by molar-refractivity contribution is 7.11. The number of nitrogens with one attached hydrogen (secondary N) is 1. The fourth-order valence-electron chi connectivity index (χ4n) is 1.75. The van der Waals surface area contributed by atoms with Crippen molar-refractivity contribution in [3.8, 4) is 5.75 Å². The predicted molar refractivity (Wildman–Crippen MR) is 88.1 cm³/mol. The Morgan fingerprint density at radius 3 is 2.87 bits per heavy atom. The Morgan fingerprint density at radius 1 is 1.43 bits per heavy atom. The lowest BCUT2D eigenvalue weighted by atomic mass is 10.2. The number of carbonyl (C=O) groups excluding carboxylic acids is 1. The number of rotatable bonds is 6. The summed E-state index contributed by atoms with van der Waals surface area (Å²) in [6.07, 6.45) is 1.55. The molecule has 0 bridgehead atoms. The SMILES string of the molecule is Cc1ccc(OCC(=O)NN=Cc2sccc2C)c([N+](=O)[O-])c1. The van der Waals surface area contributed by atoms with Crippen LogP contribution in [0.25, 0.3) is 0 Å². The van der Waals surface area contributed by atoms with E-state index in [1.807, 2.05) is 18.4 Å². The van der Waals surface area contributed by atoms with Crippen LogP contribution in [0, 0.1) is 24.0 Å². The van der Waals surface area contributed by atoms with Crippen LogP contribution in [-0.4, -0.2) is 23.7 Å². The highest BCUT2D eigenvalue weighted by Gasteiger charge is 2.16. The second-order valence-corrected chi connectivity index (χ2v) is 5.73. The molecule has 1 aromatic carbocycles. The van der Waals surface area contributed by atoms with Gasteiger partial charge < -0.3 is 4.74 Å². The van der Waals surface area contributed by atoms with Crippen molar-refractivity contribution in [2.24, 2.45) is 5.10 Å². The molecule has 0 radical (unpaired) electrons. The van der Waals surface area contributed by atoms with Crippen LogP contribution >= 0.6 is 11.3 Å². The summed E-state index contributed by atoms with van der Waals surface area (Å²) >= 11 is 1.51. The maximum atomic E-state index is 11.7. The number of hydrogen-bond donors (Lipinski definition) is 1. The van der Waals surface area contributed by atoms with Crippen LogP contribution in [0.15, 0.2) is 34.7 Å². The molecule has 0 saturated carbocycles. The second-order valence-electron chi connectivity index (χ2n) is 4.78. The first kappa shape index (κ1) is 16.6. The van der Waals surface area contributed by atoms with Gasteiger partial charge in [0.05, 0.1) is 11.1 Å². The number of hydrogen-bond acceptors (Lipinski definition) is 6. The quantitative estimate of drug-likeness (QED) is 0.499. The number of aryl methyl sites for hydroxylation is 2. The van der Waals surface area contributed by atoms with Crippen LogP contribution < -0.4 is 10.2 Å². The number of nitrogens with zero attached hydrogens (tertiary/aromatic N) is 2. The fourth-order valence-corrected chi connectivity index (χ4v) is 2.53. The van der Waals surface area contributed by atoms with E-state index >= 15 is 0 Å². The van der Waals surface area contributed by atoms with Crippen molar-refractivity contribution >= 4 is 29.1 Å². The number of hydrazone groups is 1. The third kappa shape index (κ3) is 4.62. The Labute approximate surface area is 136 Å². The molecular weight excluding hydrogens is 318 g/mol. The Morgan fingerprint density at radius 2 is 2.22 bits per heavy atom. The van der Waals surface area contributed by atoms with Crippen LogP contribution in [0.4, 0.5) is 5.69 Å². The smallest absolute Gasteiger partial charge is 0.311 e. The first-order valence-electron chi connectivity index (χ1n) is 6.71. The van der Waals surface area contributed by atoms with E-state index in [2.05, 4.69) is 10.5 Å². The molecule has 0 aliphatic carbocycles. The van der Waals surface area contributed by atoms with E-state index in [1.165, 1.54) is 23.5 Å². The van der Waals surface area contributed by atoms with Crippen molar-refractivity contribution in [2.75, 3.05) is 6.61 Å². The van der Waals surface area contributed by atoms with E-state index in [9.17, 15) is 14.9 Å². The standard InChI is InChI=1S/C15H15N3O4S/c1-10-3-4-13(12(7-10)18(20)21)22-9-15(19)17-16-8-14-11(2)5-6-23-14/h3-8H,9H2,1-2H3,(H,17,19). The van der Waals surface area contributed by atoms with Gasteiger partial charge in [0.25, 0.3) is 5.91 Å². The topological polar surface area (TPSA) is 93.8 Å². The zero-order valence-electron chi connectivity index (χ0n) is 12.6. The van der Waals surface area contributed by atoms with E-state index in [0.29, 0.717) is 0 Å². The Bertz CT molecular complexity index is 755. The minimum Gasteiger partial charge on any atom is -0.477 e. The van der Waals surface area contributed by atoms with Gasteiger partial charge in [-0.25, -0.2) is 5.43 Å². The molecule has 8 heteroatoms. The van der Waals surface area contributed by atoms with Crippen molar-refractivity contribution in [1.29, 1.82) is 0 Å². The number of nitro benzene ring substituents is 1. The van der Waals surface area contributed by atoms with Gasteiger partial charge >= 0.3 is 5.69 Å². The van der Waals surface area contributed by atoms with Crippen molar-refractivity contribution < 1.29 is 14.5 Å². The lowest BCUT2D eigenvalue weighted by Gasteiger charge is -2.06. The van der Waals surface area contributed by atoms with E-state index in [-0.39, 0.29) is 18.0 Å². The average Bonchev–Trinajstić information content (AvgIpc) is 2.91. The largest absolute Gasteiger partial charge is 0.477 e. The number of amides is 1. The molecule has 2 rings (SSSR count). The molecule has 1 amide bonds. The van der Waals surface area contributed by atoms with Crippen molar-refractivity contribution in [1.82, 2.24) is 5.43 Å². The monoisotopic (exact) mass is 333 g/mol. The van der Waals surface area contributed by atoms with Gasteiger partial charge in [-0.05, 0) is 42.5 Å². The maximum absolute atomic E-state index is 11.7. The number of carbonyl (C=O) groups is 1. The van der Waals surface area contributed by atoms with Gasteiger partial charge in [0.2, 0.25) is 0 Å². The molecule has 0 aliphatic heterocycles. The highest BCUT2D eigenvalue weighted by atomic mass is 32.1. The minimum absolute atomic E-state index is 0.0498. The highest BCUT2D eigenvalue weighted by Crippen LogP contribution is 2.27. The molecule has 7 nitrogen and oxygen atoms in total. The van der Waals surface area contributed by atoms with E-state index in [4.69, 9.17) is 4.74 Å². The van der Waals surface area contributed by atoms with Crippen LogP contribution in [0.2, 0.25) is 0 Å². The van der Waals surface area contributed by atoms with Crippen LogP contribution in [0.1, 0.15) is 16.0 Å². The van der Waals surface area contributed by atoms with Crippen LogP contribution in [-0.2, 0) is 4.79 Å². The summed E-state index contributed by atoms with van der Waals surface area (Å²) in [7, 11) is 0. The molecule has 1 N–H and O–H groups in total. The lowest BCUT2D eigenvalue weighted by Crippen LogP contribution is -2.24. The van der Waals surface area contributed by atoms with Gasteiger partial charge in [0.15, 0.2) is 12.4 Å². The summed E-state index contributed by atoms with van der Waals surface area (Å²) in [4.78, 5) is 23.0. The summed E-state index contributed by atoms with van der Waals surface area (Å²) in [5, 5.41) is 16.7. The zero-order chi connectivity index (χ0) is 16.8. The molecule has 0 aliphatic rings. The molecule has 0 spiro atoms. The van der Waals surface area contributed by atoms with E-state index < -0.39 is 10.8 Å². The predicted octanol–water partition coefficient (Wildman–Crippen LogP) is 2.80. The first-order valence-corrected chi connectivity index (χ1v) is 7.59. The molecule has 23 heavy (non-hydrogen) atoms. The lowest BCUT2D eigenvalue weighted by molar-refractivity contribution is -0.385. The molecule has 0 fully saturated rings. The van der Waals surface area contributed by atoms with Crippen molar-refractivity contribution in [3.05, 3.63) is 55.8 Å². The molecular formula is C15H15N3O4S. The average molecular weight is 333 g/mol. The summed E-state index contributed by atoms with van der Waals surface area (Å²) < 4.78 is 5.20.